The van der Waals surface area contributed by atoms with Gasteiger partial charge in [0, 0.05) is 21.8 Å². The second kappa shape index (κ2) is 10.1. The summed E-state index contributed by atoms with van der Waals surface area (Å²) < 4.78 is 1.17. The molecule has 3 heterocycles. The first-order valence-electron chi connectivity index (χ1n) is 11.1. The van der Waals surface area contributed by atoms with Crippen molar-refractivity contribution in [3.8, 4) is 0 Å². The highest BCUT2D eigenvalue weighted by atomic mass is 32.1. The van der Waals surface area contributed by atoms with E-state index in [0.717, 1.165) is 67.6 Å². The molecule has 0 amide bonds. The zero-order valence-electron chi connectivity index (χ0n) is 17.4. The number of hydrogen-bond acceptors (Lipinski definition) is 4. The van der Waals surface area contributed by atoms with E-state index in [-0.39, 0.29) is 5.92 Å². The first kappa shape index (κ1) is 20.9. The maximum absolute atomic E-state index is 11.8. The molecular formula is C25H30N2O2S. The van der Waals surface area contributed by atoms with Gasteiger partial charge in [-0.25, -0.2) is 4.98 Å². The number of aryl methyl sites for hydroxylation is 2. The predicted molar refractivity (Wildman–Crippen MR) is 125 cm³/mol. The van der Waals surface area contributed by atoms with Gasteiger partial charge in [0.25, 0.3) is 0 Å². The molecule has 3 aromatic rings. The summed E-state index contributed by atoms with van der Waals surface area (Å²) in [6.07, 6.45) is 9.60. The Morgan fingerprint density at radius 3 is 2.80 bits per heavy atom. The van der Waals surface area contributed by atoms with Crippen LogP contribution in [-0.4, -0.2) is 22.6 Å². The molecule has 1 aromatic carbocycles. The van der Waals surface area contributed by atoms with Crippen molar-refractivity contribution < 1.29 is 9.90 Å². The summed E-state index contributed by atoms with van der Waals surface area (Å²) in [5.41, 5.74) is 2.52. The summed E-state index contributed by atoms with van der Waals surface area (Å²) >= 11 is 1.62. The number of thiophene rings is 1. The van der Waals surface area contributed by atoms with Crippen molar-refractivity contribution in [1.82, 2.24) is 4.98 Å². The molecule has 0 unspecified atom stereocenters. The van der Waals surface area contributed by atoms with E-state index < -0.39 is 5.97 Å². The minimum absolute atomic E-state index is 0.380. The highest BCUT2D eigenvalue weighted by molar-refractivity contribution is 7.19. The molecule has 0 radical (unpaired) electrons. The van der Waals surface area contributed by atoms with Crippen molar-refractivity contribution in [3.05, 3.63) is 58.6 Å². The van der Waals surface area contributed by atoms with Crippen LogP contribution in [0.25, 0.3) is 10.1 Å². The number of rotatable bonds is 10. The summed E-state index contributed by atoms with van der Waals surface area (Å²) in [5.74, 6) is 0.00273. The Labute approximate surface area is 182 Å². The first-order chi connectivity index (χ1) is 14.7. The van der Waals surface area contributed by atoms with Gasteiger partial charge in [-0.2, -0.15) is 0 Å². The highest BCUT2D eigenvalue weighted by Gasteiger charge is 2.21. The van der Waals surface area contributed by atoms with Crippen molar-refractivity contribution in [2.45, 2.75) is 63.7 Å². The Balaban J connectivity index is 1.18. The van der Waals surface area contributed by atoms with Gasteiger partial charge in [0.05, 0.1) is 5.92 Å². The molecular weight excluding hydrogens is 392 g/mol. The molecule has 0 fully saturated rings. The van der Waals surface area contributed by atoms with Crippen molar-refractivity contribution in [1.29, 1.82) is 0 Å². The molecule has 0 aliphatic carbocycles. The molecule has 1 aliphatic rings. The molecule has 0 spiro atoms. The smallest absolute Gasteiger partial charge is 0.311 e. The predicted octanol–water partition coefficient (Wildman–Crippen LogP) is 6.41. The zero-order valence-corrected chi connectivity index (χ0v) is 18.2. The molecule has 1 atom stereocenters. The van der Waals surface area contributed by atoms with Crippen LogP contribution in [0.1, 0.15) is 67.0 Å². The van der Waals surface area contributed by atoms with Gasteiger partial charge < -0.3 is 10.4 Å². The number of aliphatic carboxylic acids is 1. The minimum atomic E-state index is -0.700. The lowest BCUT2D eigenvalue weighted by molar-refractivity contribution is -0.138. The quantitative estimate of drug-likeness (QED) is 0.371. The number of carboxylic acid groups (broad SMARTS) is 1. The fourth-order valence-corrected chi connectivity index (χ4v) is 5.45. The van der Waals surface area contributed by atoms with Crippen molar-refractivity contribution in [3.63, 3.8) is 0 Å². The van der Waals surface area contributed by atoms with Gasteiger partial charge in [-0.05, 0) is 61.3 Å². The van der Waals surface area contributed by atoms with E-state index in [1.165, 1.54) is 28.8 Å². The zero-order chi connectivity index (χ0) is 20.8. The second-order valence-electron chi connectivity index (χ2n) is 8.22. The molecule has 1 aliphatic heterocycles. The average molecular weight is 423 g/mol. The average Bonchev–Trinajstić information content (AvgIpc) is 3.19. The van der Waals surface area contributed by atoms with Crippen LogP contribution in [0.4, 0.5) is 5.82 Å². The number of anilines is 1. The van der Waals surface area contributed by atoms with Crippen LogP contribution >= 0.6 is 11.3 Å². The van der Waals surface area contributed by atoms with Gasteiger partial charge in [0.1, 0.15) is 5.82 Å². The SMILES string of the molecule is O=C(O)[C@@H](CCCCCCCc1ccc2c(n1)NCCC2)c1cc2ccccc2s1. The number of carbonyl (C=O) groups is 1. The number of fused-ring (bicyclic) bond motifs is 2. The lowest BCUT2D eigenvalue weighted by atomic mass is 9.98. The number of benzene rings is 1. The Morgan fingerprint density at radius 1 is 1.10 bits per heavy atom. The number of hydrogen-bond donors (Lipinski definition) is 2. The summed E-state index contributed by atoms with van der Waals surface area (Å²) in [6, 6.07) is 14.6. The molecule has 5 heteroatoms. The van der Waals surface area contributed by atoms with Crippen molar-refractivity contribution >= 4 is 33.2 Å². The molecule has 0 bridgehead atoms. The molecule has 4 rings (SSSR count). The van der Waals surface area contributed by atoms with Crippen LogP contribution < -0.4 is 5.32 Å². The fraction of sp³-hybridized carbons (Fsp3) is 0.440. The van der Waals surface area contributed by atoms with E-state index in [1.54, 1.807) is 11.3 Å². The second-order valence-corrected chi connectivity index (χ2v) is 9.34. The van der Waals surface area contributed by atoms with E-state index >= 15 is 0 Å². The van der Waals surface area contributed by atoms with E-state index in [0.29, 0.717) is 0 Å². The summed E-state index contributed by atoms with van der Waals surface area (Å²) in [4.78, 5) is 17.5. The standard InChI is InChI=1S/C25H30N2O2S/c28-25(29)21(23-17-19-9-6-7-13-22(19)30-23)12-5-3-1-2-4-11-20-15-14-18-10-8-16-26-24(18)27-20/h6-7,9,13-15,17,21H,1-5,8,10-12,16H2,(H,26,27)(H,28,29)/t21-/m0/s1. The molecule has 0 saturated heterocycles. The Kier molecular flexibility index (Phi) is 7.00. The summed E-state index contributed by atoms with van der Waals surface area (Å²) in [5, 5.41) is 14.2. The van der Waals surface area contributed by atoms with Crippen LogP contribution in [0.5, 0.6) is 0 Å². The third-order valence-electron chi connectivity index (χ3n) is 5.96. The van der Waals surface area contributed by atoms with Gasteiger partial charge in [0.2, 0.25) is 0 Å². The fourth-order valence-electron chi connectivity index (χ4n) is 4.25. The van der Waals surface area contributed by atoms with E-state index in [4.69, 9.17) is 4.98 Å². The Hall–Kier alpha value is -2.40. The molecule has 158 valence electrons. The lowest BCUT2D eigenvalue weighted by Crippen LogP contribution is -2.13. The maximum atomic E-state index is 11.8. The van der Waals surface area contributed by atoms with Crippen LogP contribution in [-0.2, 0) is 17.6 Å². The van der Waals surface area contributed by atoms with Gasteiger partial charge >= 0.3 is 5.97 Å². The van der Waals surface area contributed by atoms with Crippen LogP contribution in [0.15, 0.2) is 42.5 Å². The number of pyridine rings is 1. The monoisotopic (exact) mass is 422 g/mol. The summed E-state index contributed by atoms with van der Waals surface area (Å²) in [6.45, 7) is 1.03. The van der Waals surface area contributed by atoms with Gasteiger partial charge in [-0.15, -0.1) is 11.3 Å². The van der Waals surface area contributed by atoms with Crippen molar-refractivity contribution in [2.75, 3.05) is 11.9 Å². The van der Waals surface area contributed by atoms with E-state index in [1.807, 2.05) is 12.1 Å². The normalized spacial score (nSPS) is 14.3. The highest BCUT2D eigenvalue weighted by Crippen LogP contribution is 2.33. The Morgan fingerprint density at radius 2 is 1.93 bits per heavy atom. The van der Waals surface area contributed by atoms with E-state index in [2.05, 4.69) is 35.6 Å². The molecule has 0 saturated carbocycles. The van der Waals surface area contributed by atoms with Crippen molar-refractivity contribution in [2.24, 2.45) is 0 Å². The largest absolute Gasteiger partial charge is 0.481 e. The minimum Gasteiger partial charge on any atom is -0.481 e. The number of carboxylic acids is 1. The maximum Gasteiger partial charge on any atom is 0.311 e. The lowest BCUT2D eigenvalue weighted by Gasteiger charge is -2.17. The number of aromatic nitrogens is 1. The first-order valence-corrected chi connectivity index (χ1v) is 12.0. The molecule has 2 aromatic heterocycles. The number of unbranched alkanes of at least 4 members (excludes halogenated alkanes) is 4. The number of nitrogens with one attached hydrogen (secondary N) is 1. The number of nitrogens with zero attached hydrogens (tertiary/aromatic N) is 1. The third kappa shape index (κ3) is 5.20. The van der Waals surface area contributed by atoms with Crippen LogP contribution in [0.2, 0.25) is 0 Å². The van der Waals surface area contributed by atoms with Crippen LogP contribution in [0.3, 0.4) is 0 Å². The van der Waals surface area contributed by atoms with Gasteiger partial charge in [0.15, 0.2) is 0 Å². The van der Waals surface area contributed by atoms with Gasteiger partial charge in [-0.3, -0.25) is 4.79 Å². The summed E-state index contributed by atoms with van der Waals surface area (Å²) in [7, 11) is 0. The molecule has 4 nitrogen and oxygen atoms in total. The van der Waals surface area contributed by atoms with E-state index in [9.17, 15) is 9.90 Å². The van der Waals surface area contributed by atoms with Crippen LogP contribution in [0, 0.1) is 0 Å². The Bertz CT molecular complexity index is 965. The third-order valence-corrected chi connectivity index (χ3v) is 7.19. The molecule has 2 N–H and O–H groups in total. The molecule has 30 heavy (non-hydrogen) atoms. The van der Waals surface area contributed by atoms with Gasteiger partial charge in [-0.1, -0.05) is 49.9 Å². The topological polar surface area (TPSA) is 62.2 Å².